The average molecular weight is 341 g/mol. The highest BCUT2D eigenvalue weighted by molar-refractivity contribution is 5.82. The minimum atomic E-state index is -4.97. The summed E-state index contributed by atoms with van der Waals surface area (Å²) in [6, 6.07) is 7.22. The zero-order valence-electron chi connectivity index (χ0n) is 13.8. The zero-order chi connectivity index (χ0) is 18.1. The molecule has 1 unspecified atom stereocenters. The number of amides is 1. The van der Waals surface area contributed by atoms with E-state index in [4.69, 9.17) is 0 Å². The molecule has 6 nitrogen and oxygen atoms in total. The van der Waals surface area contributed by atoms with E-state index in [0.29, 0.717) is 10.6 Å². The number of tetrazole rings is 1. The molecule has 0 spiro atoms. The highest BCUT2D eigenvalue weighted by Crippen LogP contribution is 2.33. The Bertz CT molecular complexity index is 743. The minimum absolute atomic E-state index is 0.166. The molecule has 0 radical (unpaired) electrons. The highest BCUT2D eigenvalue weighted by Gasteiger charge is 2.48. The topological polar surface area (TPSA) is 63.9 Å². The van der Waals surface area contributed by atoms with Crippen molar-refractivity contribution in [3.05, 3.63) is 35.7 Å². The molecule has 9 heteroatoms. The number of hydrogen-bond acceptors (Lipinski definition) is 4. The largest absolute Gasteiger partial charge is 0.471 e. The van der Waals surface area contributed by atoms with Crippen LogP contribution in [-0.4, -0.2) is 44.2 Å². The molecule has 0 N–H and O–H groups in total. The summed E-state index contributed by atoms with van der Waals surface area (Å²) in [5, 5.41) is 11.4. The first-order valence-electron chi connectivity index (χ1n) is 7.32. The standard InChI is InChI=1S/C15H18F3N5O/c1-5-14(3,22(4)13(24)15(16,17)18)12-19-20-21-23(12)11-9-7-6-8-10(11)2/h6-9H,5H2,1-4H3. The Balaban J connectivity index is 2.55. The smallest absolute Gasteiger partial charge is 0.325 e. The van der Waals surface area contributed by atoms with Gasteiger partial charge in [-0.3, -0.25) is 4.79 Å². The Labute approximate surface area is 137 Å². The Hall–Kier alpha value is -2.45. The van der Waals surface area contributed by atoms with Crippen LogP contribution in [0.1, 0.15) is 31.7 Å². The molecule has 0 bridgehead atoms. The third-order valence-electron chi connectivity index (χ3n) is 4.27. The van der Waals surface area contributed by atoms with Gasteiger partial charge in [0.1, 0.15) is 5.54 Å². The fourth-order valence-corrected chi connectivity index (χ4v) is 2.45. The monoisotopic (exact) mass is 341 g/mol. The van der Waals surface area contributed by atoms with Crippen LogP contribution in [-0.2, 0) is 10.3 Å². The maximum Gasteiger partial charge on any atom is 0.471 e. The summed E-state index contributed by atoms with van der Waals surface area (Å²) in [6.45, 7) is 5.03. The van der Waals surface area contributed by atoms with Crippen molar-refractivity contribution in [2.45, 2.75) is 38.9 Å². The van der Waals surface area contributed by atoms with E-state index >= 15 is 0 Å². The molecule has 1 aromatic carbocycles. The number of hydrogen-bond donors (Lipinski definition) is 0. The van der Waals surface area contributed by atoms with Crippen LogP contribution in [0.15, 0.2) is 24.3 Å². The first-order valence-corrected chi connectivity index (χ1v) is 7.32. The van der Waals surface area contributed by atoms with Gasteiger partial charge in [0.25, 0.3) is 0 Å². The van der Waals surface area contributed by atoms with E-state index in [1.807, 2.05) is 19.1 Å². The van der Waals surface area contributed by atoms with E-state index in [9.17, 15) is 18.0 Å². The second-order valence-electron chi connectivity index (χ2n) is 5.69. The summed E-state index contributed by atoms with van der Waals surface area (Å²) in [5.74, 6) is -1.77. The number of halogens is 3. The lowest BCUT2D eigenvalue weighted by molar-refractivity contribution is -0.190. The van der Waals surface area contributed by atoms with Crippen molar-refractivity contribution in [3.8, 4) is 5.69 Å². The number of alkyl halides is 3. The van der Waals surface area contributed by atoms with Crippen molar-refractivity contribution in [1.82, 2.24) is 25.1 Å². The van der Waals surface area contributed by atoms with Crippen molar-refractivity contribution in [3.63, 3.8) is 0 Å². The Morgan fingerprint density at radius 1 is 1.29 bits per heavy atom. The van der Waals surface area contributed by atoms with Gasteiger partial charge in [-0.05, 0) is 42.3 Å². The van der Waals surface area contributed by atoms with E-state index in [-0.39, 0.29) is 12.2 Å². The maximum absolute atomic E-state index is 12.8. The number of nitrogens with zero attached hydrogens (tertiary/aromatic N) is 5. The van der Waals surface area contributed by atoms with Crippen molar-refractivity contribution in [1.29, 1.82) is 0 Å². The molecule has 1 atom stereocenters. The SMILES string of the molecule is CCC(C)(c1nnnn1-c1ccccc1C)N(C)C(=O)C(F)(F)F. The van der Waals surface area contributed by atoms with Crippen molar-refractivity contribution < 1.29 is 18.0 Å². The fraction of sp³-hybridized carbons (Fsp3) is 0.467. The number of aryl methyl sites for hydroxylation is 1. The number of carbonyl (C=O) groups excluding carboxylic acids is 1. The second kappa shape index (κ2) is 6.21. The third-order valence-corrected chi connectivity index (χ3v) is 4.27. The Morgan fingerprint density at radius 2 is 1.92 bits per heavy atom. The summed E-state index contributed by atoms with van der Waals surface area (Å²) in [7, 11) is 1.11. The van der Waals surface area contributed by atoms with E-state index < -0.39 is 17.6 Å². The lowest BCUT2D eigenvalue weighted by Gasteiger charge is -2.37. The molecule has 1 aromatic heterocycles. The average Bonchev–Trinajstić information content (AvgIpc) is 3.02. The van der Waals surface area contributed by atoms with Gasteiger partial charge in [-0.15, -0.1) is 5.10 Å². The van der Waals surface area contributed by atoms with Crippen LogP contribution in [0.5, 0.6) is 0 Å². The number of carbonyl (C=O) groups is 1. The van der Waals surface area contributed by atoms with Gasteiger partial charge in [-0.2, -0.15) is 17.9 Å². The van der Waals surface area contributed by atoms with Crippen molar-refractivity contribution in [2.75, 3.05) is 7.05 Å². The first-order chi connectivity index (χ1) is 11.1. The van der Waals surface area contributed by atoms with Gasteiger partial charge in [0.05, 0.1) is 5.69 Å². The zero-order valence-corrected chi connectivity index (χ0v) is 13.8. The molecule has 24 heavy (non-hydrogen) atoms. The molecule has 0 saturated carbocycles. The molecule has 1 heterocycles. The molecular weight excluding hydrogens is 323 g/mol. The number of aromatic nitrogens is 4. The van der Waals surface area contributed by atoms with Crippen LogP contribution in [0, 0.1) is 6.92 Å². The molecule has 2 aromatic rings. The van der Waals surface area contributed by atoms with Gasteiger partial charge in [0, 0.05) is 7.05 Å². The van der Waals surface area contributed by atoms with Gasteiger partial charge in [0.2, 0.25) is 0 Å². The van der Waals surface area contributed by atoms with E-state index in [1.165, 1.54) is 11.6 Å². The summed E-state index contributed by atoms with van der Waals surface area (Å²) >= 11 is 0. The van der Waals surface area contributed by atoms with E-state index in [2.05, 4.69) is 15.5 Å². The number of rotatable bonds is 4. The Kier molecular flexibility index (Phi) is 4.63. The molecule has 130 valence electrons. The summed E-state index contributed by atoms with van der Waals surface area (Å²) in [5.41, 5.74) is 0.178. The second-order valence-corrected chi connectivity index (χ2v) is 5.69. The number of benzene rings is 1. The Morgan fingerprint density at radius 3 is 2.46 bits per heavy atom. The van der Waals surface area contributed by atoms with Crippen LogP contribution in [0.3, 0.4) is 0 Å². The first kappa shape index (κ1) is 17.9. The van der Waals surface area contributed by atoms with Crippen LogP contribution in [0.25, 0.3) is 5.69 Å². The van der Waals surface area contributed by atoms with E-state index in [1.54, 1.807) is 19.1 Å². The molecule has 0 fully saturated rings. The van der Waals surface area contributed by atoms with Gasteiger partial charge in [-0.25, -0.2) is 0 Å². The fourth-order valence-electron chi connectivity index (χ4n) is 2.45. The quantitative estimate of drug-likeness (QED) is 0.857. The van der Waals surface area contributed by atoms with Crippen LogP contribution in [0.4, 0.5) is 13.2 Å². The predicted octanol–water partition coefficient (Wildman–Crippen LogP) is 2.62. The molecule has 2 rings (SSSR count). The lowest BCUT2D eigenvalue weighted by atomic mass is 9.95. The van der Waals surface area contributed by atoms with Crippen LogP contribution in [0.2, 0.25) is 0 Å². The van der Waals surface area contributed by atoms with Crippen LogP contribution >= 0.6 is 0 Å². The minimum Gasteiger partial charge on any atom is -0.325 e. The summed E-state index contributed by atoms with van der Waals surface area (Å²) < 4.78 is 39.9. The summed E-state index contributed by atoms with van der Waals surface area (Å²) in [4.78, 5) is 12.3. The van der Waals surface area contributed by atoms with E-state index in [0.717, 1.165) is 12.6 Å². The predicted molar refractivity (Wildman–Crippen MR) is 80.4 cm³/mol. The molecule has 0 saturated heterocycles. The van der Waals surface area contributed by atoms with Crippen molar-refractivity contribution in [2.24, 2.45) is 0 Å². The molecule has 0 aliphatic carbocycles. The van der Waals surface area contributed by atoms with Gasteiger partial charge < -0.3 is 4.90 Å². The molecule has 0 aliphatic rings. The maximum atomic E-state index is 12.8. The third kappa shape index (κ3) is 2.98. The molecule has 1 amide bonds. The summed E-state index contributed by atoms with van der Waals surface area (Å²) in [6.07, 6.45) is -4.76. The normalized spacial score (nSPS) is 14.3. The number of para-hydroxylation sites is 1. The molecule has 0 aliphatic heterocycles. The van der Waals surface area contributed by atoms with Gasteiger partial charge in [0.15, 0.2) is 5.82 Å². The molecular formula is C15H18F3N5O. The lowest BCUT2D eigenvalue weighted by Crippen LogP contribution is -2.51. The highest BCUT2D eigenvalue weighted by atomic mass is 19.4. The van der Waals surface area contributed by atoms with Crippen LogP contribution < -0.4 is 0 Å². The van der Waals surface area contributed by atoms with Crippen molar-refractivity contribution >= 4 is 5.91 Å². The van der Waals surface area contributed by atoms with Gasteiger partial charge in [-0.1, -0.05) is 25.1 Å². The van der Waals surface area contributed by atoms with Gasteiger partial charge >= 0.3 is 12.1 Å².